The molecular weight excluding hydrogens is 421 g/mol. The number of halogens is 1. The minimum Gasteiger partial charge on any atom is -0.465 e. The maximum atomic E-state index is 13.4. The van der Waals surface area contributed by atoms with Gasteiger partial charge in [-0.1, -0.05) is 24.3 Å². The van der Waals surface area contributed by atoms with Crippen molar-refractivity contribution in [1.82, 2.24) is 0 Å². The van der Waals surface area contributed by atoms with Crippen molar-refractivity contribution in [3.05, 3.63) is 72.5 Å². The molecule has 0 atom stereocenters. The van der Waals surface area contributed by atoms with E-state index in [0.29, 0.717) is 22.1 Å². The van der Waals surface area contributed by atoms with Crippen molar-refractivity contribution in [3.8, 4) is 22.3 Å². The largest absolute Gasteiger partial charge is 0.465 e. The van der Waals surface area contributed by atoms with Crippen LogP contribution in [-0.4, -0.2) is 32.9 Å². The molecule has 8 heteroatoms. The molecule has 4 rings (SSSR count). The van der Waals surface area contributed by atoms with Gasteiger partial charge in [0.15, 0.2) is 9.84 Å². The number of amides is 1. The maximum Gasteiger partial charge on any atom is 0.413 e. The molecule has 0 radical (unpaired) electrons. The topological polar surface area (TPSA) is 87.8 Å². The fourth-order valence-electron chi connectivity index (χ4n) is 3.30. The Morgan fingerprint density at radius 3 is 2.13 bits per heavy atom. The van der Waals surface area contributed by atoms with Crippen LogP contribution in [-0.2, 0) is 9.84 Å². The van der Waals surface area contributed by atoms with Gasteiger partial charge in [0.1, 0.15) is 11.4 Å². The molecular formula is C23H18FNO5S. The van der Waals surface area contributed by atoms with Crippen molar-refractivity contribution in [2.24, 2.45) is 0 Å². The summed E-state index contributed by atoms with van der Waals surface area (Å²) in [5.41, 5.74) is 3.36. The Morgan fingerprint density at radius 1 is 0.935 bits per heavy atom. The Labute approximate surface area is 178 Å². The van der Waals surface area contributed by atoms with Crippen molar-refractivity contribution < 1.29 is 27.1 Å². The third-order valence-electron chi connectivity index (χ3n) is 4.99. The second-order valence-electron chi connectivity index (χ2n) is 7.17. The molecule has 0 bridgehead atoms. The van der Waals surface area contributed by atoms with E-state index in [9.17, 15) is 22.7 Å². The first-order chi connectivity index (χ1) is 14.6. The zero-order valence-electron chi connectivity index (χ0n) is 16.7. The minimum absolute atomic E-state index is 0.149. The van der Waals surface area contributed by atoms with Crippen molar-refractivity contribution in [2.75, 3.05) is 18.2 Å². The van der Waals surface area contributed by atoms with E-state index in [0.717, 1.165) is 22.3 Å². The maximum absolute atomic E-state index is 13.4. The SMILES string of the molecule is CN(C(=O)O)c1cc2cc(-c3ccc(S(C)(=O)=O)cc3)cc(-c3ccc(F)cc3)c2o1. The van der Waals surface area contributed by atoms with E-state index in [-0.39, 0.29) is 16.6 Å². The van der Waals surface area contributed by atoms with E-state index in [1.807, 2.05) is 12.1 Å². The highest BCUT2D eigenvalue weighted by atomic mass is 32.2. The molecule has 0 unspecified atom stereocenters. The highest BCUT2D eigenvalue weighted by molar-refractivity contribution is 7.90. The summed E-state index contributed by atoms with van der Waals surface area (Å²) in [7, 11) is -1.94. The molecule has 0 saturated carbocycles. The van der Waals surface area contributed by atoms with Gasteiger partial charge in [0.2, 0.25) is 5.88 Å². The van der Waals surface area contributed by atoms with Crippen molar-refractivity contribution in [3.63, 3.8) is 0 Å². The molecule has 0 aliphatic carbocycles. The molecule has 0 saturated heterocycles. The Morgan fingerprint density at radius 2 is 1.55 bits per heavy atom. The number of fused-ring (bicyclic) bond motifs is 1. The monoisotopic (exact) mass is 439 g/mol. The molecule has 0 fully saturated rings. The first-order valence-electron chi connectivity index (χ1n) is 9.24. The van der Waals surface area contributed by atoms with E-state index in [2.05, 4.69) is 0 Å². The van der Waals surface area contributed by atoms with Crippen molar-refractivity contribution in [1.29, 1.82) is 0 Å². The lowest BCUT2D eigenvalue weighted by molar-refractivity contribution is 0.202. The van der Waals surface area contributed by atoms with Crippen LogP contribution >= 0.6 is 0 Å². The quantitative estimate of drug-likeness (QED) is 0.458. The van der Waals surface area contributed by atoms with E-state index in [1.54, 1.807) is 30.3 Å². The number of hydrogen-bond donors (Lipinski definition) is 1. The van der Waals surface area contributed by atoms with Crippen LogP contribution in [0.15, 0.2) is 76.0 Å². The average molecular weight is 439 g/mol. The van der Waals surface area contributed by atoms with Gasteiger partial charge >= 0.3 is 6.09 Å². The predicted octanol–water partition coefficient (Wildman–Crippen LogP) is 5.42. The van der Waals surface area contributed by atoms with Crippen LogP contribution in [0.1, 0.15) is 0 Å². The zero-order valence-corrected chi connectivity index (χ0v) is 17.5. The van der Waals surface area contributed by atoms with E-state index in [1.165, 1.54) is 31.3 Å². The predicted molar refractivity (Wildman–Crippen MR) is 117 cm³/mol. The molecule has 4 aromatic rings. The van der Waals surface area contributed by atoms with Crippen LogP contribution in [0.5, 0.6) is 0 Å². The number of sulfone groups is 1. The van der Waals surface area contributed by atoms with Crippen LogP contribution < -0.4 is 4.90 Å². The van der Waals surface area contributed by atoms with Gasteiger partial charge in [-0.15, -0.1) is 0 Å². The fourth-order valence-corrected chi connectivity index (χ4v) is 3.93. The summed E-state index contributed by atoms with van der Waals surface area (Å²) in [6, 6.07) is 17.7. The number of nitrogens with zero attached hydrogens (tertiary/aromatic N) is 1. The molecule has 1 aromatic heterocycles. The van der Waals surface area contributed by atoms with E-state index < -0.39 is 15.9 Å². The molecule has 158 valence electrons. The first-order valence-corrected chi connectivity index (χ1v) is 11.1. The summed E-state index contributed by atoms with van der Waals surface area (Å²) < 4.78 is 42.8. The van der Waals surface area contributed by atoms with Crippen molar-refractivity contribution >= 4 is 32.8 Å². The molecule has 1 N–H and O–H groups in total. The highest BCUT2D eigenvalue weighted by Crippen LogP contribution is 2.38. The number of carbonyl (C=O) groups is 1. The van der Waals surface area contributed by atoms with Gasteiger partial charge in [-0.25, -0.2) is 17.6 Å². The van der Waals surface area contributed by atoms with Gasteiger partial charge in [-0.2, -0.15) is 0 Å². The van der Waals surface area contributed by atoms with Crippen LogP contribution in [0, 0.1) is 5.82 Å². The number of carboxylic acid groups (broad SMARTS) is 1. The van der Waals surface area contributed by atoms with Crippen LogP contribution in [0.25, 0.3) is 33.2 Å². The highest BCUT2D eigenvalue weighted by Gasteiger charge is 2.18. The Hall–Kier alpha value is -3.65. The summed E-state index contributed by atoms with van der Waals surface area (Å²) in [5.74, 6) is -0.228. The Bertz CT molecular complexity index is 1390. The molecule has 0 aliphatic rings. The van der Waals surface area contributed by atoms with Gasteiger partial charge in [-0.3, -0.25) is 4.90 Å². The Balaban J connectivity index is 1.92. The lowest BCUT2D eigenvalue weighted by Gasteiger charge is -2.09. The summed E-state index contributed by atoms with van der Waals surface area (Å²) >= 11 is 0. The summed E-state index contributed by atoms with van der Waals surface area (Å²) in [6.07, 6.45) is -0.0221. The third kappa shape index (κ3) is 4.02. The van der Waals surface area contributed by atoms with E-state index >= 15 is 0 Å². The average Bonchev–Trinajstić information content (AvgIpc) is 3.16. The number of hydrogen-bond acceptors (Lipinski definition) is 4. The van der Waals surface area contributed by atoms with Crippen LogP contribution in [0.3, 0.4) is 0 Å². The molecule has 31 heavy (non-hydrogen) atoms. The van der Waals surface area contributed by atoms with E-state index in [4.69, 9.17) is 4.42 Å². The molecule has 3 aromatic carbocycles. The summed E-state index contributed by atoms with van der Waals surface area (Å²) in [4.78, 5) is 12.5. The molecule has 0 spiro atoms. The standard InChI is InChI=1S/C23H18FNO5S/c1-25(23(26)27)21-13-17-11-16(14-5-9-19(10-6-14)31(2,28)29)12-20(22(17)30-21)15-3-7-18(24)8-4-15/h3-13H,1-2H3,(H,26,27). The first kappa shape index (κ1) is 20.6. The fraction of sp³-hybridized carbons (Fsp3) is 0.0870. The number of anilines is 1. The van der Waals surface area contributed by atoms with Crippen molar-refractivity contribution in [2.45, 2.75) is 4.90 Å². The second-order valence-corrected chi connectivity index (χ2v) is 9.19. The number of furan rings is 1. The lowest BCUT2D eigenvalue weighted by Crippen LogP contribution is -2.22. The minimum atomic E-state index is -3.32. The van der Waals surface area contributed by atoms with Crippen LogP contribution in [0.2, 0.25) is 0 Å². The normalized spacial score (nSPS) is 11.6. The molecule has 1 heterocycles. The van der Waals surface area contributed by atoms with Crippen LogP contribution in [0.4, 0.5) is 15.1 Å². The van der Waals surface area contributed by atoms with Gasteiger partial charge in [-0.05, 0) is 53.1 Å². The third-order valence-corrected chi connectivity index (χ3v) is 6.12. The van der Waals surface area contributed by atoms with Gasteiger partial charge in [0.25, 0.3) is 0 Å². The molecule has 1 amide bonds. The zero-order chi connectivity index (χ0) is 22.3. The van der Waals surface area contributed by atoms with Gasteiger partial charge in [0.05, 0.1) is 4.90 Å². The Kier molecular flexibility index (Phi) is 5.02. The summed E-state index contributed by atoms with van der Waals surface area (Å²) in [5, 5.41) is 9.94. The van der Waals surface area contributed by atoms with Gasteiger partial charge in [0, 0.05) is 30.3 Å². The van der Waals surface area contributed by atoms with Gasteiger partial charge < -0.3 is 9.52 Å². The number of benzene rings is 3. The summed E-state index contributed by atoms with van der Waals surface area (Å²) in [6.45, 7) is 0. The smallest absolute Gasteiger partial charge is 0.413 e. The second kappa shape index (κ2) is 7.55. The molecule has 6 nitrogen and oxygen atoms in total. The molecule has 0 aliphatic heterocycles. The lowest BCUT2D eigenvalue weighted by atomic mass is 9.97. The number of rotatable bonds is 4.